The largest absolute Gasteiger partial charge is 0.399 e. The van der Waals surface area contributed by atoms with Gasteiger partial charge in [0.1, 0.15) is 17.8 Å². The van der Waals surface area contributed by atoms with Crippen LogP contribution in [0, 0.1) is 11.8 Å². The number of anilines is 3. The summed E-state index contributed by atoms with van der Waals surface area (Å²) in [6.07, 6.45) is 6.28. The fourth-order valence-corrected chi connectivity index (χ4v) is 8.02. The van der Waals surface area contributed by atoms with Gasteiger partial charge in [-0.15, -0.1) is 0 Å². The molecule has 3 aliphatic heterocycles. The maximum Gasteiger partial charge on any atom is 0.227 e. The SMILES string of the molecule is CO/N=C(\C)C1(Nc2nc(N3CC4CN(c5ccc6c(c5)CC6)CC4C3)nc3c2[S@](=O)CC3)CCC1. The molecular formula is C27H34N6O2S. The lowest BCUT2D eigenvalue weighted by Gasteiger charge is -2.42. The summed E-state index contributed by atoms with van der Waals surface area (Å²) in [6, 6.07) is 7.04. The molecule has 5 aliphatic rings. The van der Waals surface area contributed by atoms with Crippen molar-refractivity contribution < 1.29 is 9.05 Å². The van der Waals surface area contributed by atoms with E-state index < -0.39 is 10.8 Å². The van der Waals surface area contributed by atoms with E-state index in [0.717, 1.165) is 79.9 Å². The molecule has 0 radical (unpaired) electrons. The second kappa shape index (κ2) is 8.43. The number of nitrogens with zero attached hydrogens (tertiary/aromatic N) is 5. The highest BCUT2D eigenvalue weighted by molar-refractivity contribution is 7.85. The van der Waals surface area contributed by atoms with Gasteiger partial charge >= 0.3 is 0 Å². The molecule has 2 aromatic rings. The topological polar surface area (TPSA) is 82.9 Å². The summed E-state index contributed by atoms with van der Waals surface area (Å²) in [6.45, 7) is 6.14. The minimum Gasteiger partial charge on any atom is -0.399 e. The number of benzene rings is 1. The van der Waals surface area contributed by atoms with Gasteiger partial charge in [-0.1, -0.05) is 11.2 Å². The molecule has 0 spiro atoms. The molecular weight excluding hydrogens is 472 g/mol. The summed E-state index contributed by atoms with van der Waals surface area (Å²) in [5.41, 5.74) is 6.02. The number of aryl methyl sites for hydroxylation is 3. The van der Waals surface area contributed by atoms with Gasteiger partial charge in [0.2, 0.25) is 5.95 Å². The molecule has 0 bridgehead atoms. The van der Waals surface area contributed by atoms with Crippen molar-refractivity contribution in [2.45, 2.75) is 55.9 Å². The average Bonchev–Trinajstić information content (AvgIpc) is 3.50. The van der Waals surface area contributed by atoms with E-state index in [1.165, 1.54) is 29.7 Å². The van der Waals surface area contributed by atoms with Gasteiger partial charge in [-0.05, 0) is 62.3 Å². The van der Waals surface area contributed by atoms with Crippen LogP contribution in [0.15, 0.2) is 28.3 Å². The van der Waals surface area contributed by atoms with Crippen LogP contribution >= 0.6 is 0 Å². The van der Waals surface area contributed by atoms with Gasteiger partial charge in [0.15, 0.2) is 0 Å². The smallest absolute Gasteiger partial charge is 0.227 e. The molecule has 0 amide bonds. The molecule has 1 N–H and O–H groups in total. The van der Waals surface area contributed by atoms with Crippen molar-refractivity contribution in [3.05, 3.63) is 35.0 Å². The summed E-state index contributed by atoms with van der Waals surface area (Å²) < 4.78 is 12.9. The minimum atomic E-state index is -1.06. The Bertz CT molecular complexity index is 1260. The molecule has 1 saturated carbocycles. The maximum atomic E-state index is 12.9. The van der Waals surface area contributed by atoms with Gasteiger partial charge in [-0.3, -0.25) is 4.21 Å². The third-order valence-electron chi connectivity index (χ3n) is 9.15. The molecule has 1 aromatic carbocycles. The predicted molar refractivity (Wildman–Crippen MR) is 143 cm³/mol. The Labute approximate surface area is 215 Å². The average molecular weight is 507 g/mol. The van der Waals surface area contributed by atoms with Gasteiger partial charge in [-0.2, -0.15) is 4.98 Å². The van der Waals surface area contributed by atoms with Gasteiger partial charge in [0.05, 0.1) is 27.7 Å². The van der Waals surface area contributed by atoms with Crippen LogP contribution in [0.25, 0.3) is 0 Å². The molecule has 2 saturated heterocycles. The second-order valence-corrected chi connectivity index (χ2v) is 12.7. The Morgan fingerprint density at radius 1 is 1.08 bits per heavy atom. The molecule has 2 aliphatic carbocycles. The number of hydrogen-bond donors (Lipinski definition) is 1. The van der Waals surface area contributed by atoms with Crippen LogP contribution in [-0.4, -0.2) is 64.5 Å². The Kier molecular flexibility index (Phi) is 5.27. The molecule has 4 heterocycles. The van der Waals surface area contributed by atoms with E-state index in [9.17, 15) is 4.21 Å². The summed E-state index contributed by atoms with van der Waals surface area (Å²) in [4.78, 5) is 20.8. The van der Waals surface area contributed by atoms with Gasteiger partial charge in [0.25, 0.3) is 0 Å². The van der Waals surface area contributed by atoms with Crippen LogP contribution in [0.1, 0.15) is 43.0 Å². The fraction of sp³-hybridized carbons (Fsp3) is 0.593. The molecule has 1 aromatic heterocycles. The van der Waals surface area contributed by atoms with E-state index >= 15 is 0 Å². The third-order valence-corrected chi connectivity index (χ3v) is 10.6. The first kappa shape index (κ1) is 22.5. The molecule has 3 fully saturated rings. The van der Waals surface area contributed by atoms with E-state index in [2.05, 4.69) is 38.5 Å². The number of fused-ring (bicyclic) bond motifs is 3. The molecule has 190 valence electrons. The number of aromatic nitrogens is 2. The van der Waals surface area contributed by atoms with E-state index in [1.807, 2.05) is 6.92 Å². The Morgan fingerprint density at radius 2 is 1.83 bits per heavy atom. The first-order valence-corrected chi connectivity index (χ1v) is 14.6. The lowest BCUT2D eigenvalue weighted by Crippen LogP contribution is -2.51. The summed E-state index contributed by atoms with van der Waals surface area (Å²) >= 11 is 0. The van der Waals surface area contributed by atoms with Crippen LogP contribution in [-0.2, 0) is 34.9 Å². The highest BCUT2D eigenvalue weighted by atomic mass is 32.2. The summed E-state index contributed by atoms with van der Waals surface area (Å²) in [5, 5.41) is 7.91. The zero-order valence-corrected chi connectivity index (χ0v) is 21.9. The van der Waals surface area contributed by atoms with Crippen molar-refractivity contribution in [3.63, 3.8) is 0 Å². The Balaban J connectivity index is 1.12. The molecule has 36 heavy (non-hydrogen) atoms. The zero-order valence-electron chi connectivity index (χ0n) is 21.1. The van der Waals surface area contributed by atoms with Gasteiger partial charge in [0, 0.05) is 55.9 Å². The van der Waals surface area contributed by atoms with E-state index in [1.54, 1.807) is 7.11 Å². The van der Waals surface area contributed by atoms with Crippen LogP contribution in [0.2, 0.25) is 0 Å². The van der Waals surface area contributed by atoms with Crippen molar-refractivity contribution in [1.82, 2.24) is 9.97 Å². The first-order valence-electron chi connectivity index (χ1n) is 13.3. The molecule has 3 atom stereocenters. The fourth-order valence-electron chi connectivity index (χ4n) is 6.71. The van der Waals surface area contributed by atoms with Crippen molar-refractivity contribution in [2.24, 2.45) is 17.0 Å². The highest BCUT2D eigenvalue weighted by Crippen LogP contribution is 2.41. The first-order chi connectivity index (χ1) is 17.5. The van der Waals surface area contributed by atoms with Gasteiger partial charge in [-0.25, -0.2) is 4.98 Å². The normalized spacial score (nSPS) is 27.7. The lowest BCUT2D eigenvalue weighted by molar-refractivity contribution is 0.206. The monoisotopic (exact) mass is 506 g/mol. The van der Waals surface area contributed by atoms with Crippen molar-refractivity contribution in [2.75, 3.05) is 54.2 Å². The van der Waals surface area contributed by atoms with Crippen molar-refractivity contribution in [3.8, 4) is 0 Å². The Hall–Kier alpha value is -2.68. The highest BCUT2D eigenvalue weighted by Gasteiger charge is 2.44. The maximum absolute atomic E-state index is 12.9. The summed E-state index contributed by atoms with van der Waals surface area (Å²) in [5.74, 6) is 3.38. The predicted octanol–water partition coefficient (Wildman–Crippen LogP) is 3.17. The second-order valence-electron chi connectivity index (χ2n) is 11.2. The number of nitrogens with one attached hydrogen (secondary N) is 1. The van der Waals surface area contributed by atoms with Crippen molar-refractivity contribution in [1.29, 1.82) is 0 Å². The van der Waals surface area contributed by atoms with Crippen LogP contribution in [0.5, 0.6) is 0 Å². The molecule has 2 unspecified atom stereocenters. The van der Waals surface area contributed by atoms with E-state index in [4.69, 9.17) is 14.8 Å². The molecule has 7 rings (SSSR count). The van der Waals surface area contributed by atoms with Crippen molar-refractivity contribution >= 4 is 34.0 Å². The van der Waals surface area contributed by atoms with Crippen LogP contribution < -0.4 is 15.1 Å². The molecule has 9 heteroatoms. The van der Waals surface area contributed by atoms with E-state index in [-0.39, 0.29) is 5.54 Å². The number of rotatable bonds is 6. The van der Waals surface area contributed by atoms with Gasteiger partial charge < -0.3 is 20.0 Å². The quantitative estimate of drug-likeness (QED) is 0.476. The third kappa shape index (κ3) is 3.53. The van der Waals surface area contributed by atoms with E-state index in [0.29, 0.717) is 17.6 Å². The number of oxime groups is 1. The number of hydrogen-bond acceptors (Lipinski definition) is 8. The summed E-state index contributed by atoms with van der Waals surface area (Å²) in [7, 11) is 0.521. The Morgan fingerprint density at radius 3 is 2.47 bits per heavy atom. The standard InChI is InChI=1S/C27H34N6O2S/c1-17(31-35-2)27(9-3-10-27)30-25-24-23(8-11-36(24)34)28-26(29-25)33-15-20-13-32(14-21(20)16-33)22-7-6-18-4-5-19(18)12-22/h6-7,12,20-21H,3-5,8-11,13-16H2,1-2H3,(H,28,29,30)/b31-17+/t20?,21?,36-/m1/s1. The van der Waals surface area contributed by atoms with Crippen LogP contribution in [0.4, 0.5) is 17.5 Å². The lowest BCUT2D eigenvalue weighted by atomic mass is 9.73. The minimum absolute atomic E-state index is 0.277. The molecule has 8 nitrogen and oxygen atoms in total. The zero-order chi connectivity index (χ0) is 24.4. The van der Waals surface area contributed by atoms with Crippen LogP contribution in [0.3, 0.4) is 0 Å².